The standard InChI is InChI=1S/C74H112N10O17/c1-52(2)61-46-56(19-21-63(61)84-64(70-65(97-6)17-12-18-66(70)98-7)47-62(77-84)71(93)76-74(73(95)96)57-42-54-41-55(44-57)45-58(74)43-54)72(94)83(26-14-24-78(4)5)25-13-23-75-67(88)22-20-59(86)15-8-10-35-99-37-39-101-40-38-100-36-11-9-16-60(87)49-80-29-27-79(48-53(3)85)28-31-81(50-68(89)90)33-34-82(32-30-80)51-69(91)92/h12,17-19,21,46-47,52,54-55,57-58,85H,3,8-11,13-16,20,22-45,48-51H2,1-2,4-7H3,(H,75,88)(H,76,93)(H,89,90)(H,91,92)(H,95,96). The lowest BCUT2D eigenvalue weighted by molar-refractivity contribution is -0.163. The molecule has 27 heteroatoms. The van der Waals surface area contributed by atoms with E-state index >= 15 is 0 Å². The number of Topliss-reactive ketones (excluding diaryl/α,β-unsaturated/α-hetero) is 2. The quantitative estimate of drug-likeness (QED) is 0.0265. The van der Waals surface area contributed by atoms with E-state index in [2.05, 4.69) is 22.1 Å². The average molecular weight is 1410 g/mol. The van der Waals surface area contributed by atoms with Crippen molar-refractivity contribution in [1.29, 1.82) is 0 Å². The van der Waals surface area contributed by atoms with Gasteiger partial charge in [-0.15, -0.1) is 0 Å². The number of ether oxygens (including phenoxy) is 5. The van der Waals surface area contributed by atoms with E-state index in [1.54, 1.807) is 63.9 Å². The van der Waals surface area contributed by atoms with Gasteiger partial charge < -0.3 is 64.5 Å². The Kier molecular flexibility index (Phi) is 32.9. The van der Waals surface area contributed by atoms with E-state index in [9.17, 15) is 58.8 Å². The molecule has 4 bridgehead atoms. The van der Waals surface area contributed by atoms with Crippen LogP contribution in [-0.4, -0.2) is 285 Å². The van der Waals surface area contributed by atoms with Crippen molar-refractivity contribution in [3.63, 3.8) is 0 Å². The molecule has 1 saturated heterocycles. The Morgan fingerprint density at radius 2 is 1.12 bits per heavy atom. The number of hydrogen-bond acceptors (Lipinski definition) is 20. The number of amides is 3. The van der Waals surface area contributed by atoms with Gasteiger partial charge in [0, 0.05) is 116 Å². The summed E-state index contributed by atoms with van der Waals surface area (Å²) in [5.41, 5.74) is 1.50. The monoisotopic (exact) mass is 1410 g/mol. The smallest absolute Gasteiger partial charge is 0.330 e. The molecule has 0 radical (unpaired) electrons. The van der Waals surface area contributed by atoms with E-state index in [1.165, 1.54) is 0 Å². The fourth-order valence-electron chi connectivity index (χ4n) is 14.9. The van der Waals surface area contributed by atoms with Crippen LogP contribution in [0.25, 0.3) is 16.9 Å². The lowest BCUT2D eigenvalue weighted by Crippen LogP contribution is -2.70. The number of nitrogens with one attached hydrogen (secondary N) is 2. The highest BCUT2D eigenvalue weighted by atomic mass is 16.5. The Labute approximate surface area is 595 Å². The number of benzene rings is 2. The Morgan fingerprint density at radius 3 is 1.62 bits per heavy atom. The van der Waals surface area contributed by atoms with Crippen LogP contribution in [0.15, 0.2) is 54.8 Å². The van der Waals surface area contributed by atoms with E-state index < -0.39 is 29.4 Å². The van der Waals surface area contributed by atoms with Gasteiger partial charge in [-0.2, -0.15) is 5.10 Å². The molecule has 3 amide bonds. The molecule has 1 aliphatic heterocycles. The molecule has 0 spiro atoms. The maximum atomic E-state index is 14.6. The number of carboxylic acid groups (broad SMARTS) is 3. The topological polar surface area (TPSA) is 325 Å². The normalized spacial score (nSPS) is 19.9. The second-order valence-electron chi connectivity index (χ2n) is 28.2. The fraction of sp³-hybridized carbons (Fsp3) is 0.662. The molecule has 2 heterocycles. The molecule has 0 atom stereocenters. The zero-order valence-corrected chi connectivity index (χ0v) is 60.5. The number of aliphatic hydroxyl groups is 1. The van der Waals surface area contributed by atoms with Crippen molar-refractivity contribution in [3.05, 3.63) is 71.6 Å². The van der Waals surface area contributed by atoms with Crippen LogP contribution in [0.5, 0.6) is 11.5 Å². The minimum atomic E-state index is -1.39. The van der Waals surface area contributed by atoms with Gasteiger partial charge in [0.25, 0.3) is 11.8 Å². The number of hydrogen-bond donors (Lipinski definition) is 6. The lowest BCUT2D eigenvalue weighted by Gasteiger charge is -2.59. The highest BCUT2D eigenvalue weighted by Gasteiger charge is 2.62. The number of carbonyl (C=O) groups is 8. The molecule has 5 aliphatic rings. The van der Waals surface area contributed by atoms with E-state index in [4.69, 9.17) is 28.8 Å². The van der Waals surface area contributed by atoms with Gasteiger partial charge in [0.05, 0.1) is 89.5 Å². The first-order chi connectivity index (χ1) is 48.5. The van der Waals surface area contributed by atoms with Gasteiger partial charge in [-0.25, -0.2) is 9.48 Å². The SMILES string of the molecule is C=C(O)CN1CCN(CC(=O)O)CCN(CC(=O)O)CCN(CC(=O)CCCCOCCOCCOCCCCC(=O)CCC(=O)NCCCN(CCCN(C)C)C(=O)c2ccc(-n3nc(C(=O)NC4(C(=O)O)C5CC6CC(C5)CC4C6)cc3-c3c(OC)cccc3OC)c(C(C)C)c2)CC1. The number of aromatic nitrogens is 2. The lowest BCUT2D eigenvalue weighted by atomic mass is 9.48. The third-order valence-electron chi connectivity index (χ3n) is 19.9. The molecular formula is C74H112N10O17. The second kappa shape index (κ2) is 41.1. The molecule has 27 nitrogen and oxygen atoms in total. The minimum Gasteiger partial charge on any atom is -0.512 e. The molecule has 560 valence electrons. The highest BCUT2D eigenvalue weighted by Crippen LogP contribution is 2.58. The predicted molar refractivity (Wildman–Crippen MR) is 380 cm³/mol. The van der Waals surface area contributed by atoms with Crippen LogP contribution in [0, 0.1) is 23.7 Å². The largest absolute Gasteiger partial charge is 0.512 e. The van der Waals surface area contributed by atoms with Crippen LogP contribution >= 0.6 is 0 Å². The van der Waals surface area contributed by atoms with Gasteiger partial charge in [-0.3, -0.25) is 53.2 Å². The number of aliphatic carboxylic acids is 3. The number of nitrogens with zero attached hydrogens (tertiary/aromatic N) is 8. The van der Waals surface area contributed by atoms with E-state index in [0.29, 0.717) is 209 Å². The summed E-state index contributed by atoms with van der Waals surface area (Å²) in [6.45, 7) is 15.5. The summed E-state index contributed by atoms with van der Waals surface area (Å²) in [6, 6.07) is 12.5. The van der Waals surface area contributed by atoms with Crippen LogP contribution in [0.4, 0.5) is 0 Å². The molecule has 8 rings (SSSR count). The summed E-state index contributed by atoms with van der Waals surface area (Å²) in [5.74, 6) is -2.46. The minimum absolute atomic E-state index is 0.00238. The number of ketones is 2. The molecule has 5 fully saturated rings. The van der Waals surface area contributed by atoms with Gasteiger partial charge in [-0.05, 0) is 163 Å². The number of unbranched alkanes of at least 4 members (excludes halogenated alkanes) is 2. The van der Waals surface area contributed by atoms with Crippen LogP contribution in [0.3, 0.4) is 0 Å². The van der Waals surface area contributed by atoms with Crippen LogP contribution < -0.4 is 20.1 Å². The molecule has 4 saturated carbocycles. The summed E-state index contributed by atoms with van der Waals surface area (Å²) < 4.78 is 30.5. The Hall–Kier alpha value is -7.37. The zero-order chi connectivity index (χ0) is 73.0. The van der Waals surface area contributed by atoms with Crippen molar-refractivity contribution in [2.24, 2.45) is 23.7 Å². The average Bonchev–Trinajstić information content (AvgIpc) is 1.22. The highest BCUT2D eigenvalue weighted by molar-refractivity contribution is 5.99. The Balaban J connectivity index is 0.789. The summed E-state index contributed by atoms with van der Waals surface area (Å²) in [5, 5.41) is 50.8. The third kappa shape index (κ3) is 24.9. The Bertz CT molecular complexity index is 3150. The van der Waals surface area contributed by atoms with E-state index in [1.807, 2.05) is 49.9 Å². The van der Waals surface area contributed by atoms with Crippen molar-refractivity contribution in [2.75, 3.05) is 173 Å². The van der Waals surface area contributed by atoms with E-state index in [0.717, 1.165) is 44.2 Å². The maximum absolute atomic E-state index is 14.6. The molecule has 2 aromatic carbocycles. The van der Waals surface area contributed by atoms with Crippen molar-refractivity contribution in [2.45, 2.75) is 122 Å². The number of rotatable bonds is 44. The van der Waals surface area contributed by atoms with Crippen LogP contribution in [-0.2, 0) is 43.0 Å². The second-order valence-corrected chi connectivity index (χ2v) is 28.2. The Morgan fingerprint density at radius 1 is 0.604 bits per heavy atom. The van der Waals surface area contributed by atoms with Gasteiger partial charge in [0.15, 0.2) is 5.69 Å². The van der Waals surface area contributed by atoms with E-state index in [-0.39, 0.29) is 91.6 Å². The summed E-state index contributed by atoms with van der Waals surface area (Å²) in [6.07, 6.45) is 8.96. The number of carboxylic acids is 3. The first-order valence-corrected chi connectivity index (χ1v) is 36.2. The molecule has 101 heavy (non-hydrogen) atoms. The van der Waals surface area contributed by atoms with Crippen LogP contribution in [0.1, 0.15) is 142 Å². The van der Waals surface area contributed by atoms with Crippen LogP contribution in [0.2, 0.25) is 0 Å². The number of methoxy groups -OCH3 is 2. The number of carbonyl (C=O) groups excluding carboxylic acids is 5. The summed E-state index contributed by atoms with van der Waals surface area (Å²) in [4.78, 5) is 116. The fourth-order valence-corrected chi connectivity index (χ4v) is 14.9. The van der Waals surface area contributed by atoms with Gasteiger partial charge in [0.2, 0.25) is 5.91 Å². The molecule has 0 unspecified atom stereocenters. The van der Waals surface area contributed by atoms with Gasteiger partial charge in [-0.1, -0.05) is 26.5 Å². The molecule has 6 N–H and O–H groups in total. The molecule has 1 aromatic heterocycles. The van der Waals surface area contributed by atoms with Gasteiger partial charge in [0.1, 0.15) is 28.6 Å². The molecule has 4 aliphatic carbocycles. The van der Waals surface area contributed by atoms with Crippen molar-refractivity contribution in [1.82, 2.24) is 49.8 Å². The number of aliphatic hydroxyl groups excluding tert-OH is 1. The molecule has 3 aromatic rings. The van der Waals surface area contributed by atoms with Crippen molar-refractivity contribution < 1.29 is 82.5 Å². The van der Waals surface area contributed by atoms with Gasteiger partial charge >= 0.3 is 17.9 Å². The first-order valence-electron chi connectivity index (χ1n) is 36.2. The zero-order valence-electron chi connectivity index (χ0n) is 60.5. The predicted octanol–water partition coefficient (Wildman–Crippen LogP) is 6.36. The van der Waals surface area contributed by atoms with Crippen molar-refractivity contribution in [3.8, 4) is 28.4 Å². The van der Waals surface area contributed by atoms with Crippen molar-refractivity contribution >= 4 is 47.2 Å². The maximum Gasteiger partial charge on any atom is 0.330 e. The third-order valence-corrected chi connectivity index (χ3v) is 19.9. The summed E-state index contributed by atoms with van der Waals surface area (Å²) >= 11 is 0. The summed E-state index contributed by atoms with van der Waals surface area (Å²) in [7, 11) is 7.06. The first kappa shape index (κ1) is 80.9. The molecular weight excluding hydrogens is 1300 g/mol.